The Morgan fingerprint density at radius 2 is 2.12 bits per heavy atom. The van der Waals surface area contributed by atoms with Gasteiger partial charge < -0.3 is 10.2 Å². The van der Waals surface area contributed by atoms with E-state index in [9.17, 15) is 15.0 Å². The van der Waals surface area contributed by atoms with Crippen molar-refractivity contribution in [1.82, 2.24) is 0 Å². The first kappa shape index (κ1) is 12.7. The molecule has 0 radical (unpaired) electrons. The maximum absolute atomic E-state index is 10.7. The van der Waals surface area contributed by atoms with Gasteiger partial charge in [-0.1, -0.05) is 13.0 Å². The van der Waals surface area contributed by atoms with Crippen molar-refractivity contribution in [2.24, 2.45) is 0 Å². The topological polar surface area (TPSA) is 57.5 Å². The number of carbonyl (C=O) groups excluding carboxylic acids is 1. The lowest BCUT2D eigenvalue weighted by Gasteiger charge is -2.09. The van der Waals surface area contributed by atoms with E-state index >= 15 is 0 Å². The molecule has 1 unspecified atom stereocenters. The van der Waals surface area contributed by atoms with E-state index in [4.69, 9.17) is 0 Å². The lowest BCUT2D eigenvalue weighted by atomic mass is 10.00. The van der Waals surface area contributed by atoms with Gasteiger partial charge >= 0.3 is 0 Å². The van der Waals surface area contributed by atoms with E-state index in [-0.39, 0.29) is 11.9 Å². The SMILES string of the molecule is CCC(O)CCc1cc(C)c(O)c(C=O)c1. The van der Waals surface area contributed by atoms with Gasteiger partial charge in [0.1, 0.15) is 5.75 Å². The van der Waals surface area contributed by atoms with Crippen LogP contribution in [0.5, 0.6) is 5.75 Å². The molecule has 0 saturated heterocycles. The molecule has 0 heterocycles. The van der Waals surface area contributed by atoms with E-state index in [0.29, 0.717) is 23.8 Å². The summed E-state index contributed by atoms with van der Waals surface area (Å²) < 4.78 is 0. The first-order valence-electron chi connectivity index (χ1n) is 5.54. The molecule has 2 N–H and O–H groups in total. The second-order valence-corrected chi connectivity index (χ2v) is 4.07. The number of aliphatic hydroxyl groups is 1. The molecular weight excluding hydrogens is 204 g/mol. The molecule has 3 heteroatoms. The highest BCUT2D eigenvalue weighted by atomic mass is 16.3. The number of hydrogen-bond acceptors (Lipinski definition) is 3. The summed E-state index contributed by atoms with van der Waals surface area (Å²) in [5.41, 5.74) is 2.00. The van der Waals surface area contributed by atoms with Crippen LogP contribution in [-0.4, -0.2) is 22.6 Å². The lowest BCUT2D eigenvalue weighted by Crippen LogP contribution is -2.06. The minimum atomic E-state index is -0.297. The molecule has 0 bridgehead atoms. The standard InChI is InChI=1S/C13H18O3/c1-3-12(15)5-4-10-6-9(2)13(16)11(7-10)8-14/h6-8,12,15-16H,3-5H2,1-2H3. The third-order valence-corrected chi connectivity index (χ3v) is 2.75. The van der Waals surface area contributed by atoms with E-state index < -0.39 is 0 Å². The third-order valence-electron chi connectivity index (χ3n) is 2.75. The maximum Gasteiger partial charge on any atom is 0.153 e. The highest BCUT2D eigenvalue weighted by molar-refractivity contribution is 5.80. The smallest absolute Gasteiger partial charge is 0.153 e. The first-order valence-corrected chi connectivity index (χ1v) is 5.54. The van der Waals surface area contributed by atoms with E-state index in [2.05, 4.69) is 0 Å². The molecule has 16 heavy (non-hydrogen) atoms. The second kappa shape index (κ2) is 5.66. The Morgan fingerprint density at radius 1 is 1.44 bits per heavy atom. The van der Waals surface area contributed by atoms with Crippen LogP contribution in [0.2, 0.25) is 0 Å². The molecule has 0 amide bonds. The van der Waals surface area contributed by atoms with Crippen molar-refractivity contribution in [2.45, 2.75) is 39.2 Å². The number of phenolic OH excluding ortho intramolecular Hbond substituents is 1. The molecule has 0 fully saturated rings. The van der Waals surface area contributed by atoms with Crippen LogP contribution in [-0.2, 0) is 6.42 Å². The molecule has 1 aromatic carbocycles. The number of aliphatic hydroxyl groups excluding tert-OH is 1. The predicted octanol–water partition coefficient (Wildman–Crippen LogP) is 2.22. The summed E-state index contributed by atoms with van der Waals surface area (Å²) in [5.74, 6) is 0.0507. The van der Waals surface area contributed by atoms with Gasteiger partial charge in [0, 0.05) is 0 Å². The molecule has 0 aliphatic heterocycles. The van der Waals surface area contributed by atoms with E-state index in [1.807, 2.05) is 13.0 Å². The minimum absolute atomic E-state index is 0.0507. The number of phenols is 1. The van der Waals surface area contributed by atoms with Crippen molar-refractivity contribution in [2.75, 3.05) is 0 Å². The summed E-state index contributed by atoms with van der Waals surface area (Å²) in [6.07, 6.45) is 2.49. The summed E-state index contributed by atoms with van der Waals surface area (Å²) in [6, 6.07) is 3.53. The zero-order valence-electron chi connectivity index (χ0n) is 9.73. The third kappa shape index (κ3) is 3.07. The number of hydrogen-bond donors (Lipinski definition) is 2. The number of aromatic hydroxyl groups is 1. The van der Waals surface area contributed by atoms with Crippen molar-refractivity contribution in [3.05, 3.63) is 28.8 Å². The summed E-state index contributed by atoms with van der Waals surface area (Å²) >= 11 is 0. The van der Waals surface area contributed by atoms with Crippen LogP contribution in [0.25, 0.3) is 0 Å². The van der Waals surface area contributed by atoms with Gasteiger partial charge in [0.05, 0.1) is 11.7 Å². The van der Waals surface area contributed by atoms with E-state index in [1.54, 1.807) is 13.0 Å². The van der Waals surface area contributed by atoms with Crippen molar-refractivity contribution in [3.63, 3.8) is 0 Å². The Labute approximate surface area is 95.7 Å². The fraction of sp³-hybridized carbons (Fsp3) is 0.462. The normalized spacial score (nSPS) is 12.4. The van der Waals surface area contributed by atoms with Gasteiger partial charge in [0.25, 0.3) is 0 Å². The number of benzene rings is 1. The average Bonchev–Trinajstić information content (AvgIpc) is 2.29. The average molecular weight is 222 g/mol. The number of aryl methyl sites for hydroxylation is 2. The molecule has 0 aliphatic carbocycles. The van der Waals surface area contributed by atoms with Crippen LogP contribution in [0.3, 0.4) is 0 Å². The highest BCUT2D eigenvalue weighted by Gasteiger charge is 2.07. The van der Waals surface area contributed by atoms with Crippen molar-refractivity contribution in [3.8, 4) is 5.75 Å². The zero-order chi connectivity index (χ0) is 12.1. The molecule has 1 rings (SSSR count). The summed E-state index contributed by atoms with van der Waals surface area (Å²) in [5, 5.41) is 19.0. The summed E-state index contributed by atoms with van der Waals surface area (Å²) in [4.78, 5) is 10.7. The van der Waals surface area contributed by atoms with Gasteiger partial charge in [0.15, 0.2) is 6.29 Å². The van der Waals surface area contributed by atoms with Gasteiger partial charge in [-0.3, -0.25) is 4.79 Å². The number of carbonyl (C=O) groups is 1. The van der Waals surface area contributed by atoms with Gasteiger partial charge in [-0.15, -0.1) is 0 Å². The Bertz CT molecular complexity index is 372. The van der Waals surface area contributed by atoms with E-state index in [1.165, 1.54) is 0 Å². The Balaban J connectivity index is 2.81. The Kier molecular flexibility index (Phi) is 4.50. The molecule has 0 spiro atoms. The Morgan fingerprint density at radius 3 is 2.69 bits per heavy atom. The first-order chi connectivity index (χ1) is 7.58. The molecule has 1 atom stereocenters. The molecule has 0 aromatic heterocycles. The van der Waals surface area contributed by atoms with Crippen LogP contribution >= 0.6 is 0 Å². The van der Waals surface area contributed by atoms with Crippen molar-refractivity contribution >= 4 is 6.29 Å². The quantitative estimate of drug-likeness (QED) is 0.751. The monoisotopic (exact) mass is 222 g/mol. The van der Waals surface area contributed by atoms with Crippen LogP contribution in [0.15, 0.2) is 12.1 Å². The van der Waals surface area contributed by atoms with Crippen LogP contribution in [0, 0.1) is 6.92 Å². The fourth-order valence-corrected chi connectivity index (χ4v) is 1.66. The minimum Gasteiger partial charge on any atom is -0.507 e. The second-order valence-electron chi connectivity index (χ2n) is 4.07. The van der Waals surface area contributed by atoms with Gasteiger partial charge in [-0.05, 0) is 43.4 Å². The van der Waals surface area contributed by atoms with Gasteiger partial charge in [-0.2, -0.15) is 0 Å². The molecular formula is C13H18O3. The van der Waals surface area contributed by atoms with Crippen molar-refractivity contribution < 1.29 is 15.0 Å². The predicted molar refractivity (Wildman–Crippen MR) is 62.9 cm³/mol. The van der Waals surface area contributed by atoms with E-state index in [0.717, 1.165) is 18.4 Å². The fourth-order valence-electron chi connectivity index (χ4n) is 1.66. The highest BCUT2D eigenvalue weighted by Crippen LogP contribution is 2.23. The zero-order valence-corrected chi connectivity index (χ0v) is 9.73. The molecule has 1 aromatic rings. The number of aldehydes is 1. The summed E-state index contributed by atoms with van der Waals surface area (Å²) in [7, 11) is 0. The van der Waals surface area contributed by atoms with Crippen LogP contribution in [0.1, 0.15) is 41.3 Å². The van der Waals surface area contributed by atoms with Crippen LogP contribution in [0.4, 0.5) is 0 Å². The van der Waals surface area contributed by atoms with Gasteiger partial charge in [0.2, 0.25) is 0 Å². The summed E-state index contributed by atoms with van der Waals surface area (Å²) in [6.45, 7) is 3.70. The maximum atomic E-state index is 10.7. The molecule has 3 nitrogen and oxygen atoms in total. The molecule has 0 aliphatic rings. The number of rotatable bonds is 5. The largest absolute Gasteiger partial charge is 0.507 e. The van der Waals surface area contributed by atoms with Crippen LogP contribution < -0.4 is 0 Å². The molecule has 88 valence electrons. The Hall–Kier alpha value is -1.35. The lowest BCUT2D eigenvalue weighted by molar-refractivity contribution is 0.112. The molecule has 0 saturated carbocycles. The van der Waals surface area contributed by atoms with Crippen molar-refractivity contribution in [1.29, 1.82) is 0 Å². The van der Waals surface area contributed by atoms with Gasteiger partial charge in [-0.25, -0.2) is 0 Å².